The molecule has 106 valence electrons. The molecular formula is C15H22F2N2. The van der Waals surface area contributed by atoms with Crippen molar-refractivity contribution in [1.82, 2.24) is 0 Å². The molecule has 2 N–H and O–H groups in total. The van der Waals surface area contributed by atoms with E-state index in [2.05, 4.69) is 0 Å². The van der Waals surface area contributed by atoms with Crippen LogP contribution < -0.4 is 10.6 Å². The minimum absolute atomic E-state index is 0.0987. The Morgan fingerprint density at radius 3 is 2.32 bits per heavy atom. The van der Waals surface area contributed by atoms with Crippen molar-refractivity contribution in [3.8, 4) is 0 Å². The van der Waals surface area contributed by atoms with Gasteiger partial charge in [-0.2, -0.15) is 0 Å². The molecule has 0 aliphatic heterocycles. The molecule has 0 aromatic heterocycles. The summed E-state index contributed by atoms with van der Waals surface area (Å²) in [7, 11) is 0. The lowest BCUT2D eigenvalue weighted by molar-refractivity contribution is 0.562. The highest BCUT2D eigenvalue weighted by Crippen LogP contribution is 2.33. The Kier molecular flexibility index (Phi) is 4.40. The molecule has 1 unspecified atom stereocenters. The molecule has 0 radical (unpaired) electrons. The average Bonchev–Trinajstić information content (AvgIpc) is 3.09. The van der Waals surface area contributed by atoms with Gasteiger partial charge < -0.3 is 10.6 Å². The van der Waals surface area contributed by atoms with Crippen LogP contribution in [-0.4, -0.2) is 19.1 Å². The molecule has 2 rings (SSSR count). The van der Waals surface area contributed by atoms with Gasteiger partial charge in [-0.15, -0.1) is 0 Å². The number of hydrogen-bond acceptors (Lipinski definition) is 2. The zero-order valence-corrected chi connectivity index (χ0v) is 11.6. The first-order valence-electron chi connectivity index (χ1n) is 6.99. The summed E-state index contributed by atoms with van der Waals surface area (Å²) in [4.78, 5) is 1.80. The van der Waals surface area contributed by atoms with Crippen molar-refractivity contribution in [2.45, 2.75) is 39.2 Å². The van der Waals surface area contributed by atoms with E-state index in [0.717, 1.165) is 6.54 Å². The van der Waals surface area contributed by atoms with Gasteiger partial charge in [0.25, 0.3) is 0 Å². The molecule has 0 spiro atoms. The zero-order chi connectivity index (χ0) is 14.0. The maximum absolute atomic E-state index is 14.1. The summed E-state index contributed by atoms with van der Waals surface area (Å²) in [5.74, 6) is -0.348. The van der Waals surface area contributed by atoms with Gasteiger partial charge in [-0.25, -0.2) is 8.78 Å². The normalized spacial score (nSPS) is 16.5. The molecule has 2 nitrogen and oxygen atoms in total. The standard InChI is InChI=1S/C15H22F2N2/c1-3-19(9-11-4-5-11)15-13(16)7-12(6-10(2)18)8-14(15)17/h7-8,10-11H,3-6,9,18H2,1-2H3. The van der Waals surface area contributed by atoms with E-state index in [1.165, 1.54) is 25.0 Å². The van der Waals surface area contributed by atoms with Crippen LogP contribution in [0.5, 0.6) is 0 Å². The van der Waals surface area contributed by atoms with Gasteiger partial charge in [0, 0.05) is 19.1 Å². The number of rotatable bonds is 6. The third-order valence-corrected chi connectivity index (χ3v) is 3.51. The summed E-state index contributed by atoms with van der Waals surface area (Å²) >= 11 is 0. The summed E-state index contributed by atoms with van der Waals surface area (Å²) in [6.45, 7) is 5.13. The molecular weight excluding hydrogens is 246 g/mol. The smallest absolute Gasteiger partial charge is 0.149 e. The highest BCUT2D eigenvalue weighted by atomic mass is 19.1. The second-order valence-electron chi connectivity index (χ2n) is 5.57. The second kappa shape index (κ2) is 5.87. The van der Waals surface area contributed by atoms with E-state index in [-0.39, 0.29) is 11.7 Å². The Labute approximate surface area is 113 Å². The fraction of sp³-hybridized carbons (Fsp3) is 0.600. The SMILES string of the molecule is CCN(CC1CC1)c1c(F)cc(CC(C)N)cc1F. The molecule has 0 heterocycles. The molecule has 4 heteroatoms. The van der Waals surface area contributed by atoms with Gasteiger partial charge in [0.15, 0.2) is 0 Å². The van der Waals surface area contributed by atoms with Crippen LogP contribution in [0, 0.1) is 17.6 Å². The highest BCUT2D eigenvalue weighted by Gasteiger charge is 2.26. The fourth-order valence-corrected chi connectivity index (χ4v) is 2.40. The van der Waals surface area contributed by atoms with E-state index in [1.807, 2.05) is 13.8 Å². The van der Waals surface area contributed by atoms with E-state index in [4.69, 9.17) is 5.73 Å². The van der Waals surface area contributed by atoms with Gasteiger partial charge in [0.2, 0.25) is 0 Å². The van der Waals surface area contributed by atoms with Crippen LogP contribution in [0.25, 0.3) is 0 Å². The molecule has 1 aliphatic carbocycles. The van der Waals surface area contributed by atoms with E-state index in [0.29, 0.717) is 24.4 Å². The van der Waals surface area contributed by atoms with E-state index in [1.54, 1.807) is 4.90 Å². The van der Waals surface area contributed by atoms with Crippen molar-refractivity contribution in [3.05, 3.63) is 29.3 Å². The minimum Gasteiger partial charge on any atom is -0.367 e. The first-order chi connectivity index (χ1) is 9.01. The topological polar surface area (TPSA) is 29.3 Å². The molecule has 1 aromatic carbocycles. The van der Waals surface area contributed by atoms with Crippen molar-refractivity contribution < 1.29 is 8.78 Å². The Morgan fingerprint density at radius 1 is 1.32 bits per heavy atom. The van der Waals surface area contributed by atoms with Crippen LogP contribution in [0.2, 0.25) is 0 Å². The molecule has 1 fully saturated rings. The summed E-state index contributed by atoms with van der Waals surface area (Å²) in [6.07, 6.45) is 2.83. The third-order valence-electron chi connectivity index (χ3n) is 3.51. The quantitative estimate of drug-likeness (QED) is 0.859. The summed E-state index contributed by atoms with van der Waals surface area (Å²) in [5.41, 5.74) is 6.40. The number of nitrogens with zero attached hydrogens (tertiary/aromatic N) is 1. The van der Waals surface area contributed by atoms with Crippen LogP contribution in [0.15, 0.2) is 12.1 Å². The Bertz CT molecular complexity index is 419. The molecule has 0 amide bonds. The highest BCUT2D eigenvalue weighted by molar-refractivity contribution is 5.51. The third kappa shape index (κ3) is 3.66. The minimum atomic E-state index is -0.474. The van der Waals surface area contributed by atoms with Crippen LogP contribution in [0.4, 0.5) is 14.5 Å². The molecule has 1 atom stereocenters. The number of hydrogen-bond donors (Lipinski definition) is 1. The first kappa shape index (κ1) is 14.3. The first-order valence-corrected chi connectivity index (χ1v) is 6.99. The van der Waals surface area contributed by atoms with Crippen molar-refractivity contribution in [3.63, 3.8) is 0 Å². The van der Waals surface area contributed by atoms with E-state index in [9.17, 15) is 8.78 Å². The summed E-state index contributed by atoms with van der Waals surface area (Å²) < 4.78 is 28.3. The molecule has 1 aliphatic rings. The van der Waals surface area contributed by atoms with Crippen LogP contribution >= 0.6 is 0 Å². The summed E-state index contributed by atoms with van der Waals surface area (Å²) in [5, 5.41) is 0. The zero-order valence-electron chi connectivity index (χ0n) is 11.6. The molecule has 0 saturated heterocycles. The number of nitrogens with two attached hydrogens (primary N) is 1. The van der Waals surface area contributed by atoms with Crippen molar-refractivity contribution in [1.29, 1.82) is 0 Å². The van der Waals surface area contributed by atoms with E-state index >= 15 is 0 Å². The average molecular weight is 268 g/mol. The van der Waals surface area contributed by atoms with Crippen molar-refractivity contribution >= 4 is 5.69 Å². The number of halogens is 2. The lowest BCUT2D eigenvalue weighted by atomic mass is 10.1. The Morgan fingerprint density at radius 2 is 1.89 bits per heavy atom. The van der Waals surface area contributed by atoms with Gasteiger partial charge >= 0.3 is 0 Å². The van der Waals surface area contributed by atoms with Crippen LogP contribution in [0.1, 0.15) is 32.3 Å². The van der Waals surface area contributed by atoms with Crippen molar-refractivity contribution in [2.75, 3.05) is 18.0 Å². The number of benzene rings is 1. The predicted octanol–water partition coefficient (Wildman–Crippen LogP) is 3.09. The maximum atomic E-state index is 14.1. The lowest BCUT2D eigenvalue weighted by Gasteiger charge is -2.24. The maximum Gasteiger partial charge on any atom is 0.149 e. The second-order valence-corrected chi connectivity index (χ2v) is 5.57. The van der Waals surface area contributed by atoms with Gasteiger partial charge in [-0.1, -0.05) is 0 Å². The molecule has 19 heavy (non-hydrogen) atoms. The monoisotopic (exact) mass is 268 g/mol. The molecule has 0 bridgehead atoms. The Balaban J connectivity index is 2.23. The van der Waals surface area contributed by atoms with Gasteiger partial charge in [-0.3, -0.25) is 0 Å². The molecule has 1 saturated carbocycles. The predicted molar refractivity (Wildman–Crippen MR) is 74.3 cm³/mol. The van der Waals surface area contributed by atoms with Crippen LogP contribution in [-0.2, 0) is 6.42 Å². The largest absolute Gasteiger partial charge is 0.367 e. The van der Waals surface area contributed by atoms with E-state index < -0.39 is 11.6 Å². The lowest BCUT2D eigenvalue weighted by Crippen LogP contribution is -2.27. The van der Waals surface area contributed by atoms with Gasteiger partial charge in [0.05, 0.1) is 0 Å². The number of anilines is 1. The van der Waals surface area contributed by atoms with Crippen molar-refractivity contribution in [2.24, 2.45) is 11.7 Å². The Hall–Kier alpha value is -1.16. The molecule has 1 aromatic rings. The van der Waals surface area contributed by atoms with Crippen LogP contribution in [0.3, 0.4) is 0 Å². The fourth-order valence-electron chi connectivity index (χ4n) is 2.40. The summed E-state index contributed by atoms with van der Waals surface area (Å²) in [6, 6.07) is 2.73. The van der Waals surface area contributed by atoms with Gasteiger partial charge in [0.1, 0.15) is 17.3 Å². The van der Waals surface area contributed by atoms with Gasteiger partial charge in [-0.05, 0) is 56.7 Å².